The van der Waals surface area contributed by atoms with Gasteiger partial charge in [0.1, 0.15) is 17.2 Å². The Kier molecular flexibility index (Phi) is 15.8. The van der Waals surface area contributed by atoms with E-state index in [2.05, 4.69) is 68.8 Å². The normalized spacial score (nSPS) is 17.6. The third-order valence-corrected chi connectivity index (χ3v) is 14.1. The number of aliphatic hydroxyl groups is 1. The van der Waals surface area contributed by atoms with Gasteiger partial charge in [0.05, 0.1) is 34.6 Å². The number of carbonyl (C=O) groups excluding carboxylic acids is 5. The molecule has 1 saturated heterocycles. The molecule has 2 aliphatic heterocycles. The highest BCUT2D eigenvalue weighted by Crippen LogP contribution is 2.40. The van der Waals surface area contributed by atoms with Gasteiger partial charge in [-0.2, -0.15) is 0 Å². The second kappa shape index (κ2) is 23.1. The number of benzene rings is 4. The van der Waals surface area contributed by atoms with Crippen molar-refractivity contribution in [2.45, 2.75) is 121 Å². The molecule has 3 aliphatic rings. The van der Waals surface area contributed by atoms with E-state index in [0.29, 0.717) is 43.7 Å². The average Bonchev–Trinajstić information content (AvgIpc) is 3.85. The van der Waals surface area contributed by atoms with Gasteiger partial charge in [0.15, 0.2) is 0 Å². The molecule has 2 aromatic heterocycles. The Morgan fingerprint density at radius 1 is 0.764 bits per heavy atom. The summed E-state index contributed by atoms with van der Waals surface area (Å²) in [5.74, 6) is 4.66. The van der Waals surface area contributed by atoms with E-state index >= 15 is 0 Å². The predicted molar refractivity (Wildman–Crippen MR) is 277 cm³/mol. The lowest BCUT2D eigenvalue weighted by molar-refractivity contribution is -0.136. The fourth-order valence-electron chi connectivity index (χ4n) is 10.4. The molecule has 1 saturated carbocycles. The fourth-order valence-corrected chi connectivity index (χ4v) is 10.4. The van der Waals surface area contributed by atoms with Gasteiger partial charge in [-0.3, -0.25) is 39.6 Å². The molecule has 4 aromatic carbocycles. The first-order valence-corrected chi connectivity index (χ1v) is 25.6. The maximum atomic E-state index is 13.3. The van der Waals surface area contributed by atoms with Crippen LogP contribution < -0.4 is 21.4 Å². The number of nitrogens with one attached hydrogen (secondary N) is 4. The lowest BCUT2D eigenvalue weighted by atomic mass is 9.93. The molecule has 6 aromatic rings. The van der Waals surface area contributed by atoms with Gasteiger partial charge in [-0.05, 0) is 98.7 Å². The van der Waals surface area contributed by atoms with Gasteiger partial charge in [-0.15, -0.1) is 0 Å². The number of anilines is 1. The van der Waals surface area contributed by atoms with Crippen LogP contribution in [-0.4, -0.2) is 78.9 Å². The monoisotopic (exact) mass is 966 g/mol. The topological polar surface area (TPSA) is 192 Å². The Bertz CT molecular complexity index is 3090. The fraction of sp³-hybridized carbons (Fsp3) is 0.362. The summed E-state index contributed by atoms with van der Waals surface area (Å²) in [6, 6.07) is 33.1. The van der Waals surface area contributed by atoms with Crippen LogP contribution in [0.3, 0.4) is 0 Å². The quantitative estimate of drug-likeness (QED) is 0.0303. The van der Waals surface area contributed by atoms with Crippen LogP contribution in [0.25, 0.3) is 33.4 Å². The smallest absolute Gasteiger partial charge is 0.264 e. The Labute approximate surface area is 419 Å². The van der Waals surface area contributed by atoms with Crippen LogP contribution in [0.1, 0.15) is 134 Å². The highest BCUT2D eigenvalue weighted by Gasteiger charge is 2.45. The first kappa shape index (κ1) is 49.4. The summed E-state index contributed by atoms with van der Waals surface area (Å²) < 4.78 is 4.25. The molecule has 0 radical (unpaired) electrons. The highest BCUT2D eigenvalue weighted by molar-refractivity contribution is 6.25. The molecule has 0 spiro atoms. The van der Waals surface area contributed by atoms with Crippen molar-refractivity contribution < 1.29 is 29.1 Å². The number of hydrogen-bond acceptors (Lipinski definition) is 9. The molecule has 9 rings (SSSR count). The van der Waals surface area contributed by atoms with Crippen LogP contribution >= 0.6 is 0 Å². The van der Waals surface area contributed by atoms with E-state index < -0.39 is 29.7 Å². The van der Waals surface area contributed by atoms with Crippen LogP contribution in [0.2, 0.25) is 0 Å². The zero-order chi connectivity index (χ0) is 50.0. The highest BCUT2D eigenvalue weighted by atomic mass is 16.3. The first-order chi connectivity index (χ1) is 35.2. The molecule has 5 N–H and O–H groups in total. The Balaban J connectivity index is 0.725. The number of unbranched alkanes of at least 4 members (excludes halogenated alkanes) is 6. The zero-order valence-electron chi connectivity index (χ0n) is 40.6. The standard InChI is InChI=1S/C58H62N8O6/c59-54-52-50(41-21-9-6-10-22-41)53(42-23-11-7-12-24-42)64(55(52)62-38-65(54)43-28-30-44(67)31-29-43)37-40-20-16-19-39(36-40)18-8-2-3-13-27-48(68)61-35-15-5-1-4-14-34-60-46-26-17-25-45-51(46)58(72)66(57(45)71)47-32-33-49(69)63-56(47)70/h6-7,9-12,16-17,19-26,36,38,43-44,47,59-60,67H,1-5,13-15,27-35,37H2,(H,61,68)(H,63,69,70). The number of aromatic nitrogens is 3. The van der Waals surface area contributed by atoms with Crippen LogP contribution in [0.5, 0.6) is 0 Å². The molecule has 1 unspecified atom stereocenters. The number of imide groups is 2. The molecule has 2 fully saturated rings. The van der Waals surface area contributed by atoms with Crippen molar-refractivity contribution in [3.63, 3.8) is 0 Å². The summed E-state index contributed by atoms with van der Waals surface area (Å²) >= 11 is 0. The van der Waals surface area contributed by atoms with E-state index in [1.54, 1.807) is 18.2 Å². The summed E-state index contributed by atoms with van der Waals surface area (Å²) in [7, 11) is 0. The molecule has 0 bridgehead atoms. The summed E-state index contributed by atoms with van der Waals surface area (Å²) in [6.07, 6.45) is 12.2. The minimum absolute atomic E-state index is 0.0537. The number of carbonyl (C=O) groups is 5. The summed E-state index contributed by atoms with van der Waals surface area (Å²) in [6.45, 7) is 1.78. The number of fused-ring (bicyclic) bond motifs is 2. The molecule has 14 heteroatoms. The van der Waals surface area contributed by atoms with Gasteiger partial charge >= 0.3 is 0 Å². The first-order valence-electron chi connectivity index (χ1n) is 25.6. The largest absolute Gasteiger partial charge is 0.393 e. The predicted octanol–water partition coefficient (Wildman–Crippen LogP) is 8.67. The second-order valence-electron chi connectivity index (χ2n) is 19.1. The van der Waals surface area contributed by atoms with Crippen molar-refractivity contribution in [2.24, 2.45) is 0 Å². The van der Waals surface area contributed by atoms with Gasteiger partial charge in [0, 0.05) is 61.8 Å². The third-order valence-electron chi connectivity index (χ3n) is 14.1. The van der Waals surface area contributed by atoms with Gasteiger partial charge in [0.25, 0.3) is 11.8 Å². The molecule has 72 heavy (non-hydrogen) atoms. The molecule has 370 valence electrons. The molecular weight excluding hydrogens is 905 g/mol. The van der Waals surface area contributed by atoms with E-state index in [-0.39, 0.29) is 42.0 Å². The number of hydrogen-bond donors (Lipinski definition) is 5. The van der Waals surface area contributed by atoms with Gasteiger partial charge in [-0.25, -0.2) is 4.98 Å². The molecule has 4 heterocycles. The lowest BCUT2D eigenvalue weighted by Crippen LogP contribution is -2.54. The van der Waals surface area contributed by atoms with Crippen molar-refractivity contribution in [2.75, 3.05) is 18.4 Å². The molecule has 5 amide bonds. The Morgan fingerprint density at radius 3 is 2.25 bits per heavy atom. The minimum Gasteiger partial charge on any atom is -0.393 e. The number of aliphatic hydroxyl groups excluding tert-OH is 1. The molecule has 1 aliphatic carbocycles. The Morgan fingerprint density at radius 2 is 1.49 bits per heavy atom. The van der Waals surface area contributed by atoms with Crippen molar-refractivity contribution in [1.29, 1.82) is 5.41 Å². The van der Waals surface area contributed by atoms with E-state index in [9.17, 15) is 34.5 Å². The van der Waals surface area contributed by atoms with Crippen LogP contribution in [0.4, 0.5) is 5.69 Å². The number of rotatable bonds is 19. The van der Waals surface area contributed by atoms with Crippen LogP contribution in [0, 0.1) is 17.3 Å². The number of piperidine rings is 1. The van der Waals surface area contributed by atoms with E-state index in [0.717, 1.165) is 120 Å². The van der Waals surface area contributed by atoms with E-state index in [1.165, 1.54) is 0 Å². The number of nitrogens with zero attached hydrogens (tertiary/aromatic N) is 4. The number of amides is 5. The van der Waals surface area contributed by atoms with Crippen molar-refractivity contribution in [1.82, 2.24) is 29.7 Å². The molecule has 14 nitrogen and oxygen atoms in total. The average molecular weight is 967 g/mol. The van der Waals surface area contributed by atoms with Gasteiger partial charge < -0.3 is 24.9 Å². The summed E-state index contributed by atoms with van der Waals surface area (Å²) in [5.41, 5.74) is 8.33. The van der Waals surface area contributed by atoms with Gasteiger partial charge in [-0.1, -0.05) is 110 Å². The molecule has 1 atom stereocenters. The second-order valence-corrected chi connectivity index (χ2v) is 19.1. The SMILES string of the molecule is N=c1c2c(-c3ccccc3)c(-c3ccccc3)n(Cc3cccc(C#CCCCCC(=O)NCCCCCCCNc4cccc5c4C(=O)N(C4CCC(=O)NC4=O)C5=O)c3)c2ncn1C1CCC(O)CC1. The van der Waals surface area contributed by atoms with E-state index in [1.807, 2.05) is 59.4 Å². The summed E-state index contributed by atoms with van der Waals surface area (Å²) in [5, 5.41) is 29.3. The van der Waals surface area contributed by atoms with E-state index in [4.69, 9.17) is 4.98 Å². The maximum absolute atomic E-state index is 13.3. The molecular formula is C58H62N8O6. The van der Waals surface area contributed by atoms with Crippen LogP contribution in [0.15, 0.2) is 109 Å². The van der Waals surface area contributed by atoms with Crippen molar-refractivity contribution in [3.8, 4) is 34.2 Å². The Hall–Kier alpha value is -7.63. The zero-order valence-corrected chi connectivity index (χ0v) is 40.6. The third kappa shape index (κ3) is 11.1. The van der Waals surface area contributed by atoms with Gasteiger partial charge in [0.2, 0.25) is 17.7 Å². The van der Waals surface area contributed by atoms with Crippen LogP contribution in [-0.2, 0) is 20.9 Å². The maximum Gasteiger partial charge on any atom is 0.264 e. The van der Waals surface area contributed by atoms with Crippen molar-refractivity contribution >= 4 is 46.3 Å². The lowest BCUT2D eigenvalue weighted by Gasteiger charge is -2.27. The summed E-state index contributed by atoms with van der Waals surface area (Å²) in [4.78, 5) is 69.2. The van der Waals surface area contributed by atoms with Crippen molar-refractivity contribution in [3.05, 3.63) is 137 Å². The minimum atomic E-state index is -0.997.